The topological polar surface area (TPSA) is 79.8 Å². The lowest BCUT2D eigenvalue weighted by atomic mass is 10.0. The van der Waals surface area contributed by atoms with Crippen LogP contribution >= 0.6 is 23.2 Å². The number of aromatic nitrogens is 3. The Hall–Kier alpha value is -2.83. The number of carbonyl (C=O) groups is 1. The summed E-state index contributed by atoms with van der Waals surface area (Å²) in [6, 6.07) is 10.2. The van der Waals surface area contributed by atoms with Crippen molar-refractivity contribution in [3.8, 4) is 0 Å². The number of hydrogen-bond donors (Lipinski definition) is 2. The van der Waals surface area contributed by atoms with Gasteiger partial charge in [-0.25, -0.2) is 4.98 Å². The fourth-order valence-electron chi connectivity index (χ4n) is 3.81. The molecule has 0 radical (unpaired) electrons. The van der Waals surface area contributed by atoms with Gasteiger partial charge in [0.1, 0.15) is 11.9 Å². The predicted molar refractivity (Wildman–Crippen MR) is 129 cm³/mol. The highest BCUT2D eigenvalue weighted by atomic mass is 35.5. The summed E-state index contributed by atoms with van der Waals surface area (Å²) < 4.78 is 1.47. The first-order valence-corrected chi connectivity index (χ1v) is 11.4. The van der Waals surface area contributed by atoms with Crippen molar-refractivity contribution in [3.63, 3.8) is 0 Å². The van der Waals surface area contributed by atoms with E-state index in [1.165, 1.54) is 17.4 Å². The molecule has 0 saturated carbocycles. The van der Waals surface area contributed by atoms with Gasteiger partial charge in [0, 0.05) is 28.5 Å². The van der Waals surface area contributed by atoms with Crippen LogP contribution < -0.4 is 10.9 Å². The van der Waals surface area contributed by atoms with E-state index in [1.807, 2.05) is 30.5 Å². The summed E-state index contributed by atoms with van der Waals surface area (Å²) in [5, 5.41) is 4.83. The maximum Gasteiger partial charge on any atom is 0.262 e. The van der Waals surface area contributed by atoms with E-state index in [0.717, 1.165) is 16.5 Å². The molecule has 0 bridgehead atoms. The van der Waals surface area contributed by atoms with Crippen molar-refractivity contribution in [3.05, 3.63) is 74.4 Å². The summed E-state index contributed by atoms with van der Waals surface area (Å²) in [7, 11) is 0. The highest BCUT2D eigenvalue weighted by molar-refractivity contribution is 6.38. The Labute approximate surface area is 195 Å². The van der Waals surface area contributed by atoms with Crippen LogP contribution in [0.4, 0.5) is 0 Å². The first kappa shape index (κ1) is 22.4. The van der Waals surface area contributed by atoms with Crippen LogP contribution in [0.25, 0.3) is 21.8 Å². The largest absolute Gasteiger partial charge is 0.361 e. The van der Waals surface area contributed by atoms with Gasteiger partial charge in [-0.2, -0.15) is 0 Å². The minimum Gasteiger partial charge on any atom is -0.361 e. The van der Waals surface area contributed by atoms with Crippen molar-refractivity contribution in [2.24, 2.45) is 0 Å². The number of carbonyl (C=O) groups excluding carboxylic acids is 1. The number of halogens is 2. The van der Waals surface area contributed by atoms with Gasteiger partial charge in [0.25, 0.3) is 5.56 Å². The smallest absolute Gasteiger partial charge is 0.262 e. The summed E-state index contributed by atoms with van der Waals surface area (Å²) in [6.07, 6.45) is 4.88. The summed E-state index contributed by atoms with van der Waals surface area (Å²) >= 11 is 12.3. The Morgan fingerprint density at radius 1 is 1.09 bits per heavy atom. The van der Waals surface area contributed by atoms with Gasteiger partial charge in [0.05, 0.1) is 22.5 Å². The molecule has 8 heteroatoms. The molecule has 4 aromatic rings. The summed E-state index contributed by atoms with van der Waals surface area (Å²) in [5.41, 5.74) is 2.02. The van der Waals surface area contributed by atoms with Crippen LogP contribution in [0.3, 0.4) is 0 Å². The molecule has 0 spiro atoms. The summed E-state index contributed by atoms with van der Waals surface area (Å²) in [6.45, 7) is 4.54. The van der Waals surface area contributed by atoms with E-state index < -0.39 is 6.04 Å². The monoisotopic (exact) mass is 470 g/mol. The third-order valence-electron chi connectivity index (χ3n) is 5.62. The average Bonchev–Trinajstić information content (AvgIpc) is 3.20. The van der Waals surface area contributed by atoms with Gasteiger partial charge < -0.3 is 10.3 Å². The Kier molecular flexibility index (Phi) is 6.53. The molecule has 1 unspecified atom stereocenters. The van der Waals surface area contributed by atoms with Crippen molar-refractivity contribution in [1.82, 2.24) is 19.9 Å². The second kappa shape index (κ2) is 9.35. The number of benzene rings is 2. The molecule has 6 nitrogen and oxygen atoms in total. The summed E-state index contributed by atoms with van der Waals surface area (Å²) in [5.74, 6) is 0.264. The second-order valence-electron chi connectivity index (χ2n) is 7.78. The highest BCUT2D eigenvalue weighted by Crippen LogP contribution is 2.28. The molecule has 1 atom stereocenters. The van der Waals surface area contributed by atoms with Gasteiger partial charge in [-0.15, -0.1) is 0 Å². The number of hydrogen-bond acceptors (Lipinski definition) is 3. The molecule has 166 valence electrons. The zero-order chi connectivity index (χ0) is 22.8. The Morgan fingerprint density at radius 2 is 1.84 bits per heavy atom. The molecule has 0 aliphatic carbocycles. The Morgan fingerprint density at radius 3 is 2.59 bits per heavy atom. The van der Waals surface area contributed by atoms with E-state index >= 15 is 0 Å². The number of nitrogens with zero attached hydrogens (tertiary/aromatic N) is 2. The molecule has 2 aromatic carbocycles. The molecule has 1 aliphatic rings. The number of H-pyrrole nitrogens is 1. The van der Waals surface area contributed by atoms with Crippen LogP contribution in [0.5, 0.6) is 0 Å². The second-order valence-corrected chi connectivity index (χ2v) is 8.63. The van der Waals surface area contributed by atoms with E-state index in [-0.39, 0.29) is 18.0 Å². The lowest BCUT2D eigenvalue weighted by Crippen LogP contribution is -2.45. The van der Waals surface area contributed by atoms with Gasteiger partial charge >= 0.3 is 0 Å². The molecule has 0 saturated heterocycles. The highest BCUT2D eigenvalue weighted by Gasteiger charge is 2.31. The van der Waals surface area contributed by atoms with Gasteiger partial charge in [0.15, 0.2) is 0 Å². The number of rotatable bonds is 3. The van der Waals surface area contributed by atoms with Crippen LogP contribution in [0.2, 0.25) is 10.0 Å². The van der Waals surface area contributed by atoms with E-state index in [4.69, 9.17) is 23.2 Å². The van der Waals surface area contributed by atoms with Gasteiger partial charge in [-0.3, -0.25) is 14.2 Å². The quantitative estimate of drug-likeness (QED) is 0.420. The normalized spacial score (nSPS) is 15.2. The lowest BCUT2D eigenvalue weighted by molar-refractivity contribution is -0.125. The summed E-state index contributed by atoms with van der Waals surface area (Å²) in [4.78, 5) is 33.7. The van der Waals surface area contributed by atoms with Gasteiger partial charge in [-0.05, 0) is 23.8 Å². The maximum absolute atomic E-state index is 13.2. The third-order valence-corrected chi connectivity index (χ3v) is 6.13. The minimum atomic E-state index is -0.704. The molecular weight excluding hydrogens is 447 g/mol. The number of para-hydroxylation sites is 1. The molecule has 32 heavy (non-hydrogen) atoms. The Bertz CT molecular complexity index is 1360. The molecule has 5 rings (SSSR count). The number of unbranched alkanes of at least 4 members (excludes halogenated alkanes) is 1. The fraction of sp³-hybridized carbons (Fsp3) is 0.292. The van der Waals surface area contributed by atoms with E-state index in [2.05, 4.69) is 29.1 Å². The average molecular weight is 471 g/mol. The fourth-order valence-corrected chi connectivity index (χ4v) is 4.35. The first-order chi connectivity index (χ1) is 15.4. The SMILES string of the molecule is CCCC.O=C1NCc2nc3c(Cl)cc(Cl)cc3c(=O)n2C1Cc1c[nH]c2ccccc12. The van der Waals surface area contributed by atoms with Crippen molar-refractivity contribution in [1.29, 1.82) is 0 Å². The maximum atomic E-state index is 13.2. The first-order valence-electron chi connectivity index (χ1n) is 10.7. The lowest BCUT2D eigenvalue weighted by Gasteiger charge is -2.27. The number of nitrogens with one attached hydrogen (secondary N) is 2. The van der Waals surface area contributed by atoms with Gasteiger partial charge in [0.2, 0.25) is 5.91 Å². The van der Waals surface area contributed by atoms with E-state index in [9.17, 15) is 9.59 Å². The van der Waals surface area contributed by atoms with Crippen LogP contribution in [0.15, 0.2) is 47.4 Å². The van der Waals surface area contributed by atoms with Crippen LogP contribution in [-0.4, -0.2) is 20.4 Å². The Balaban J connectivity index is 0.000000567. The van der Waals surface area contributed by atoms with Crippen molar-refractivity contribution in [2.45, 2.75) is 45.7 Å². The zero-order valence-electron chi connectivity index (χ0n) is 17.9. The third kappa shape index (κ3) is 4.12. The standard InChI is InChI=1S/C20H14Cl2N4O2.C4H10/c21-11-6-13-18(14(22)7-11)25-17-9-24-19(27)16(26(17)20(13)28)5-10-8-23-15-4-2-1-3-12(10)15;1-3-4-2/h1-4,6-8,16,23H,5,9H2,(H,24,27);3-4H2,1-2H3. The van der Waals surface area contributed by atoms with E-state index in [0.29, 0.717) is 33.2 Å². The minimum absolute atomic E-state index is 0.174. The molecule has 2 aromatic heterocycles. The number of aromatic amines is 1. The van der Waals surface area contributed by atoms with Crippen LogP contribution in [-0.2, 0) is 17.8 Å². The van der Waals surface area contributed by atoms with Crippen LogP contribution in [0.1, 0.15) is 44.1 Å². The van der Waals surface area contributed by atoms with Crippen molar-refractivity contribution < 1.29 is 4.79 Å². The molecule has 1 aliphatic heterocycles. The number of fused-ring (bicyclic) bond motifs is 3. The molecule has 3 heterocycles. The van der Waals surface area contributed by atoms with E-state index in [1.54, 1.807) is 12.1 Å². The number of amides is 1. The molecule has 1 amide bonds. The van der Waals surface area contributed by atoms with Crippen LogP contribution in [0, 0.1) is 0 Å². The van der Waals surface area contributed by atoms with Crippen molar-refractivity contribution in [2.75, 3.05) is 0 Å². The van der Waals surface area contributed by atoms with Gasteiger partial charge in [-0.1, -0.05) is 68.1 Å². The molecule has 0 fully saturated rings. The predicted octanol–water partition coefficient (Wildman–Crippen LogP) is 5.40. The molecule has 2 N–H and O–H groups in total. The zero-order valence-corrected chi connectivity index (χ0v) is 19.4. The van der Waals surface area contributed by atoms with Crippen molar-refractivity contribution >= 4 is 50.9 Å². The molecular formula is C24H24Cl2N4O2.